The molecule has 5 N–H and O–H groups in total. The van der Waals surface area contributed by atoms with Gasteiger partial charge >= 0.3 is 0 Å². The number of carbonyl (C=O) groups is 2. The van der Waals surface area contributed by atoms with Gasteiger partial charge in [0.15, 0.2) is 6.29 Å². The number of nitrogens with one attached hydrogen (secondary N) is 2. The van der Waals surface area contributed by atoms with E-state index in [1.807, 2.05) is 66.7 Å². The summed E-state index contributed by atoms with van der Waals surface area (Å²) in [7, 11) is 0. The molecule has 0 aliphatic carbocycles. The molecule has 61 heavy (non-hydrogen) atoms. The van der Waals surface area contributed by atoms with Gasteiger partial charge in [0.1, 0.15) is 0 Å². The Kier molecular flexibility index (Phi) is 15.5. The molecule has 9 nitrogen and oxygen atoms in total. The SMILES string of the molecule is Nc1ccccc1NC(=O)CCCCCC(=O)NCc1ccccc1-c1ccc(C2OC(CN(Cc3ccccc3)Cc3ccccc3)CC(c3ccc(CO)cc3)O2)cc1. The van der Waals surface area contributed by atoms with E-state index in [4.69, 9.17) is 15.2 Å². The van der Waals surface area contributed by atoms with E-state index in [0.29, 0.717) is 56.6 Å². The van der Waals surface area contributed by atoms with Crippen LogP contribution >= 0.6 is 0 Å². The van der Waals surface area contributed by atoms with Crippen molar-refractivity contribution in [3.05, 3.63) is 191 Å². The first kappa shape index (κ1) is 43.0. The third-order valence-corrected chi connectivity index (χ3v) is 11.1. The normalized spacial score (nSPS) is 16.3. The summed E-state index contributed by atoms with van der Waals surface area (Å²) in [6, 6.07) is 52.8. The van der Waals surface area contributed by atoms with Crippen LogP contribution in [0.4, 0.5) is 11.4 Å². The van der Waals surface area contributed by atoms with Crippen LogP contribution in [-0.2, 0) is 45.3 Å². The molecule has 3 unspecified atom stereocenters. The monoisotopic (exact) mass is 816 g/mol. The molecule has 6 aromatic rings. The molecule has 1 heterocycles. The third-order valence-electron chi connectivity index (χ3n) is 11.1. The Morgan fingerprint density at radius 1 is 0.639 bits per heavy atom. The number of hydrogen-bond donors (Lipinski definition) is 4. The molecule has 1 fully saturated rings. The average Bonchev–Trinajstić information content (AvgIpc) is 3.29. The number of rotatable bonds is 19. The number of unbranched alkanes of at least 4 members (excludes halogenated alkanes) is 2. The van der Waals surface area contributed by atoms with Crippen LogP contribution in [0.3, 0.4) is 0 Å². The van der Waals surface area contributed by atoms with Crippen LogP contribution in [0.25, 0.3) is 11.1 Å². The average molecular weight is 817 g/mol. The molecular weight excluding hydrogens is 761 g/mol. The van der Waals surface area contributed by atoms with Gasteiger partial charge < -0.3 is 30.9 Å². The maximum atomic E-state index is 12.9. The maximum absolute atomic E-state index is 12.9. The zero-order valence-electron chi connectivity index (χ0n) is 34.6. The summed E-state index contributed by atoms with van der Waals surface area (Å²) in [5.41, 5.74) is 15.5. The zero-order valence-corrected chi connectivity index (χ0v) is 34.6. The number of nitrogens with two attached hydrogens (primary N) is 1. The second kappa shape index (κ2) is 21.9. The number of nitrogens with zero attached hydrogens (tertiary/aromatic N) is 1. The van der Waals surface area contributed by atoms with E-state index in [1.165, 1.54) is 11.1 Å². The summed E-state index contributed by atoms with van der Waals surface area (Å²) in [5, 5.41) is 15.7. The van der Waals surface area contributed by atoms with Crippen LogP contribution in [0, 0.1) is 0 Å². The summed E-state index contributed by atoms with van der Waals surface area (Å²) in [6.45, 7) is 2.70. The van der Waals surface area contributed by atoms with Gasteiger partial charge in [-0.1, -0.05) is 152 Å². The lowest BCUT2D eigenvalue weighted by Crippen LogP contribution is -2.39. The molecule has 0 radical (unpaired) electrons. The number of carbonyl (C=O) groups excluding carboxylic acids is 2. The van der Waals surface area contributed by atoms with Crippen molar-refractivity contribution < 1.29 is 24.2 Å². The lowest BCUT2D eigenvalue weighted by atomic mass is 9.97. The number of nitrogen functional groups attached to an aromatic ring is 1. The summed E-state index contributed by atoms with van der Waals surface area (Å²) in [6.07, 6.45) is 2.74. The summed E-state index contributed by atoms with van der Waals surface area (Å²) in [4.78, 5) is 27.6. The van der Waals surface area contributed by atoms with E-state index in [-0.39, 0.29) is 30.6 Å². The highest BCUT2D eigenvalue weighted by Crippen LogP contribution is 2.39. The molecule has 1 aliphatic heterocycles. The Balaban J connectivity index is 0.980. The van der Waals surface area contributed by atoms with Gasteiger partial charge in [-0.2, -0.15) is 0 Å². The number of hydrogen-bond acceptors (Lipinski definition) is 7. The van der Waals surface area contributed by atoms with Crippen LogP contribution in [0.2, 0.25) is 0 Å². The molecule has 7 rings (SSSR count). The minimum absolute atomic E-state index is 0.00843. The van der Waals surface area contributed by atoms with Crippen LogP contribution in [0.15, 0.2) is 158 Å². The number of anilines is 2. The number of aliphatic hydroxyl groups excluding tert-OH is 1. The van der Waals surface area contributed by atoms with Crippen molar-refractivity contribution in [3.63, 3.8) is 0 Å². The van der Waals surface area contributed by atoms with Crippen molar-refractivity contribution in [1.29, 1.82) is 0 Å². The van der Waals surface area contributed by atoms with Gasteiger partial charge in [0, 0.05) is 51.0 Å². The van der Waals surface area contributed by atoms with Gasteiger partial charge in [-0.05, 0) is 63.9 Å². The van der Waals surface area contributed by atoms with Gasteiger partial charge in [-0.15, -0.1) is 0 Å². The summed E-state index contributed by atoms with van der Waals surface area (Å²) >= 11 is 0. The molecule has 1 aliphatic rings. The van der Waals surface area contributed by atoms with Crippen molar-refractivity contribution in [2.45, 2.75) is 83.3 Å². The summed E-state index contributed by atoms with van der Waals surface area (Å²) < 4.78 is 13.5. The minimum Gasteiger partial charge on any atom is -0.397 e. The lowest BCUT2D eigenvalue weighted by molar-refractivity contribution is -0.253. The molecule has 2 amide bonds. The predicted molar refractivity (Wildman–Crippen MR) is 242 cm³/mol. The standard InChI is InChI=1S/C52H56N4O5/c53-47-20-12-13-21-48(47)55-51(59)23-9-3-8-22-50(58)54-33-44-18-10-11-19-46(44)41-28-30-43(31-29-41)52-60-45(32-49(61-52)42-26-24-40(37-57)25-27-42)36-56(34-38-14-4-1-5-15-38)35-39-16-6-2-7-17-39/h1-2,4-7,10-21,24-31,45,49,52,57H,3,8-9,22-23,32-37,53H2,(H,54,58)(H,55,59). The molecule has 0 spiro atoms. The van der Waals surface area contributed by atoms with E-state index in [2.05, 4.69) is 94.4 Å². The fourth-order valence-corrected chi connectivity index (χ4v) is 7.82. The van der Waals surface area contributed by atoms with Gasteiger partial charge in [0.05, 0.1) is 30.2 Å². The van der Waals surface area contributed by atoms with Crippen LogP contribution in [0.1, 0.15) is 84.3 Å². The van der Waals surface area contributed by atoms with Crippen LogP contribution in [0.5, 0.6) is 0 Å². The zero-order chi connectivity index (χ0) is 42.2. The highest BCUT2D eigenvalue weighted by molar-refractivity contribution is 5.93. The number of para-hydroxylation sites is 2. The van der Waals surface area contributed by atoms with Crippen molar-refractivity contribution in [3.8, 4) is 11.1 Å². The van der Waals surface area contributed by atoms with E-state index >= 15 is 0 Å². The number of aliphatic hydroxyl groups is 1. The van der Waals surface area contributed by atoms with E-state index in [1.54, 1.807) is 12.1 Å². The fraction of sp³-hybridized carbons (Fsp3) is 0.269. The van der Waals surface area contributed by atoms with Gasteiger partial charge in [0.2, 0.25) is 11.8 Å². The van der Waals surface area contributed by atoms with Gasteiger partial charge in [-0.25, -0.2) is 0 Å². The smallest absolute Gasteiger partial charge is 0.224 e. The fourth-order valence-electron chi connectivity index (χ4n) is 7.82. The molecule has 0 saturated carbocycles. The first-order valence-corrected chi connectivity index (χ1v) is 21.3. The lowest BCUT2D eigenvalue weighted by Gasteiger charge is -2.38. The third kappa shape index (κ3) is 12.7. The first-order chi connectivity index (χ1) is 29.9. The predicted octanol–water partition coefficient (Wildman–Crippen LogP) is 9.88. The Labute approximate surface area is 359 Å². The van der Waals surface area contributed by atoms with E-state index in [9.17, 15) is 14.7 Å². The Morgan fingerprint density at radius 2 is 1.25 bits per heavy atom. The molecule has 0 bridgehead atoms. The molecule has 3 atom stereocenters. The van der Waals surface area contributed by atoms with Crippen LogP contribution < -0.4 is 16.4 Å². The topological polar surface area (TPSA) is 126 Å². The Morgan fingerprint density at radius 3 is 1.92 bits per heavy atom. The molecule has 0 aromatic heterocycles. The molecule has 1 saturated heterocycles. The molecule has 314 valence electrons. The second-order valence-electron chi connectivity index (χ2n) is 15.7. The highest BCUT2D eigenvalue weighted by Gasteiger charge is 2.33. The Hall–Kier alpha value is -6.10. The molecular formula is C52H56N4O5. The van der Waals surface area contributed by atoms with E-state index in [0.717, 1.165) is 52.9 Å². The van der Waals surface area contributed by atoms with Gasteiger partial charge in [0.25, 0.3) is 0 Å². The quantitative estimate of drug-likeness (QED) is 0.0474. The van der Waals surface area contributed by atoms with Crippen molar-refractivity contribution in [2.75, 3.05) is 17.6 Å². The second-order valence-corrected chi connectivity index (χ2v) is 15.7. The first-order valence-electron chi connectivity index (χ1n) is 21.3. The highest BCUT2D eigenvalue weighted by atomic mass is 16.7. The molecule has 9 heteroatoms. The number of benzene rings is 6. The van der Waals surface area contributed by atoms with Crippen LogP contribution in [-0.4, -0.2) is 34.5 Å². The van der Waals surface area contributed by atoms with Crippen molar-refractivity contribution >= 4 is 23.2 Å². The number of amides is 2. The largest absolute Gasteiger partial charge is 0.397 e. The minimum atomic E-state index is -0.586. The van der Waals surface area contributed by atoms with Gasteiger partial charge in [-0.3, -0.25) is 14.5 Å². The van der Waals surface area contributed by atoms with E-state index < -0.39 is 6.29 Å². The summed E-state index contributed by atoms with van der Waals surface area (Å²) in [5.74, 6) is -0.0933. The molecule has 6 aromatic carbocycles. The van der Waals surface area contributed by atoms with Crippen molar-refractivity contribution in [2.24, 2.45) is 0 Å². The maximum Gasteiger partial charge on any atom is 0.224 e. The number of ether oxygens (including phenoxy) is 2. The Bertz CT molecular complexity index is 2240. The van der Waals surface area contributed by atoms with Crippen molar-refractivity contribution in [1.82, 2.24) is 10.2 Å².